The van der Waals surface area contributed by atoms with E-state index in [-0.39, 0.29) is 42.5 Å². The first-order valence-corrected chi connectivity index (χ1v) is 20.4. The smallest absolute Gasteiger partial charge is 0.410 e. The van der Waals surface area contributed by atoms with Crippen LogP contribution in [0.4, 0.5) is 14.0 Å². The van der Waals surface area contributed by atoms with Crippen LogP contribution < -0.4 is 5.32 Å². The standard InChI is InChI=1S/C47H55FN4O6/c1-31(51(5)46(56)58-47(2,3)4)43(53)25-32(29-52-24-12-18-42(52)34-26-35(28-49-27-34)44(54)33-19-21-36(48)22-20-33)13-10-11-23-50-45(55)57-30-41-39-16-8-6-14-37(39)38-15-7-9-17-40(38)41/h6-9,14-17,19-22,26-28,31-32,41-42H,10-13,18,23-25,29-30H2,1-5H3,(H,50,55)/t31-,32+,42-/m0/s1. The minimum absolute atomic E-state index is 0.00293. The number of likely N-dealkylation sites (N-methyl/N-ethyl adjacent to an activating group) is 1. The molecule has 11 heteroatoms. The molecule has 10 nitrogen and oxygen atoms in total. The molecule has 1 aromatic heterocycles. The molecule has 1 fully saturated rings. The second kappa shape index (κ2) is 18.9. The number of benzene rings is 3. The molecular weight excluding hydrogens is 736 g/mol. The Labute approximate surface area is 341 Å². The summed E-state index contributed by atoms with van der Waals surface area (Å²) in [6.07, 6.45) is 6.59. The van der Waals surface area contributed by atoms with Crippen LogP contribution >= 0.6 is 0 Å². The number of ketones is 2. The van der Waals surface area contributed by atoms with E-state index in [9.17, 15) is 23.6 Å². The molecule has 1 aliphatic carbocycles. The number of hydrogen-bond acceptors (Lipinski definition) is 8. The summed E-state index contributed by atoms with van der Waals surface area (Å²) < 4.78 is 24.8. The summed E-state index contributed by atoms with van der Waals surface area (Å²) in [5.41, 5.74) is 5.72. The number of pyridine rings is 1. The molecule has 58 heavy (non-hydrogen) atoms. The predicted octanol–water partition coefficient (Wildman–Crippen LogP) is 9.13. The molecule has 1 N–H and O–H groups in total. The number of Topliss-reactive ketones (excluding diaryl/α,β-unsaturated/α-hetero) is 1. The van der Waals surface area contributed by atoms with Crippen LogP contribution in [0.25, 0.3) is 11.1 Å². The number of carbonyl (C=O) groups is 4. The van der Waals surface area contributed by atoms with Crippen LogP contribution in [-0.2, 0) is 14.3 Å². The molecule has 0 spiro atoms. The Morgan fingerprint density at radius 3 is 2.28 bits per heavy atom. The first-order chi connectivity index (χ1) is 27.8. The van der Waals surface area contributed by atoms with Crippen molar-refractivity contribution in [2.75, 3.05) is 33.3 Å². The molecular formula is C47H55FN4O6. The van der Waals surface area contributed by atoms with Crippen LogP contribution in [0.2, 0.25) is 0 Å². The highest BCUT2D eigenvalue weighted by Gasteiger charge is 2.33. The van der Waals surface area contributed by atoms with Crippen LogP contribution in [0.5, 0.6) is 0 Å². The lowest BCUT2D eigenvalue weighted by molar-refractivity contribution is -0.124. The molecule has 3 atom stereocenters. The van der Waals surface area contributed by atoms with Gasteiger partial charge in [-0.2, -0.15) is 0 Å². The zero-order chi connectivity index (χ0) is 41.4. The minimum Gasteiger partial charge on any atom is -0.449 e. The number of halogens is 1. The van der Waals surface area contributed by atoms with Gasteiger partial charge in [0.25, 0.3) is 0 Å². The fourth-order valence-electron chi connectivity index (χ4n) is 8.10. The highest BCUT2D eigenvalue weighted by atomic mass is 19.1. The van der Waals surface area contributed by atoms with Gasteiger partial charge in [0.05, 0.1) is 6.04 Å². The summed E-state index contributed by atoms with van der Waals surface area (Å²) in [5.74, 6) is -0.738. The van der Waals surface area contributed by atoms with E-state index in [1.807, 2.05) is 30.3 Å². The molecule has 6 rings (SSSR count). The number of amides is 2. The van der Waals surface area contributed by atoms with Crippen molar-refractivity contribution in [3.63, 3.8) is 0 Å². The van der Waals surface area contributed by atoms with Gasteiger partial charge in [-0.15, -0.1) is 0 Å². The Kier molecular flexibility index (Phi) is 13.7. The largest absolute Gasteiger partial charge is 0.449 e. The quantitative estimate of drug-likeness (QED) is 0.0883. The van der Waals surface area contributed by atoms with Crippen molar-refractivity contribution in [1.82, 2.24) is 20.1 Å². The molecule has 3 aromatic carbocycles. The van der Waals surface area contributed by atoms with Crippen molar-refractivity contribution < 1.29 is 33.0 Å². The molecule has 4 aromatic rings. The zero-order valence-electron chi connectivity index (χ0n) is 34.2. The second-order valence-electron chi connectivity index (χ2n) is 16.5. The van der Waals surface area contributed by atoms with Crippen molar-refractivity contribution >= 4 is 23.8 Å². The minimum atomic E-state index is -0.689. The summed E-state index contributed by atoms with van der Waals surface area (Å²) in [6, 6.07) is 23.2. The SMILES string of the molecule is C[C@@H](C(=O)C[C@@H](CCCCNC(=O)OCC1c2ccccc2-c2ccccc21)CN1CCC[C@H]1c1cncc(C(=O)c2ccc(F)cc2)c1)N(C)C(=O)OC(C)(C)C. The van der Waals surface area contributed by atoms with Crippen molar-refractivity contribution in [1.29, 1.82) is 0 Å². The zero-order valence-corrected chi connectivity index (χ0v) is 34.2. The maximum absolute atomic E-state index is 13.8. The number of hydrogen-bond donors (Lipinski definition) is 1. The molecule has 1 aliphatic heterocycles. The highest BCUT2D eigenvalue weighted by Crippen LogP contribution is 2.44. The summed E-state index contributed by atoms with van der Waals surface area (Å²) >= 11 is 0. The van der Waals surface area contributed by atoms with Gasteiger partial charge in [0.1, 0.15) is 18.0 Å². The summed E-state index contributed by atoms with van der Waals surface area (Å²) in [4.78, 5) is 60.8. The van der Waals surface area contributed by atoms with Crippen LogP contribution in [0.15, 0.2) is 91.3 Å². The number of alkyl carbamates (subject to hydrolysis) is 1. The van der Waals surface area contributed by atoms with Crippen LogP contribution in [0.3, 0.4) is 0 Å². The van der Waals surface area contributed by atoms with E-state index in [4.69, 9.17) is 9.47 Å². The molecule has 1 saturated heterocycles. The van der Waals surface area contributed by atoms with Gasteiger partial charge in [0, 0.05) is 62.0 Å². The van der Waals surface area contributed by atoms with Crippen LogP contribution in [-0.4, -0.2) is 83.5 Å². The number of nitrogens with zero attached hydrogens (tertiary/aromatic N) is 3. The number of fused-ring (bicyclic) bond motifs is 3. The summed E-state index contributed by atoms with van der Waals surface area (Å²) in [5, 5.41) is 2.91. The third-order valence-corrected chi connectivity index (χ3v) is 11.2. The first kappa shape index (κ1) is 42.2. The number of rotatable bonds is 16. The Morgan fingerprint density at radius 2 is 1.60 bits per heavy atom. The van der Waals surface area contributed by atoms with E-state index in [0.717, 1.165) is 48.9 Å². The maximum atomic E-state index is 13.8. The number of aromatic nitrogens is 1. The number of unbranched alkanes of at least 4 members (excludes halogenated alkanes) is 1. The van der Waals surface area contributed by atoms with E-state index in [0.29, 0.717) is 30.6 Å². The third-order valence-electron chi connectivity index (χ3n) is 11.2. The lowest BCUT2D eigenvalue weighted by Crippen LogP contribution is -2.44. The number of ether oxygens (including phenoxy) is 2. The van der Waals surface area contributed by atoms with E-state index in [1.165, 1.54) is 46.5 Å². The summed E-state index contributed by atoms with van der Waals surface area (Å²) in [6.45, 7) is 9.24. The lowest BCUT2D eigenvalue weighted by atomic mass is 9.92. The molecule has 0 unspecified atom stereocenters. The van der Waals surface area contributed by atoms with E-state index in [2.05, 4.69) is 39.5 Å². The second-order valence-corrected chi connectivity index (χ2v) is 16.5. The third kappa shape index (κ3) is 10.5. The molecule has 2 heterocycles. The van der Waals surface area contributed by atoms with Crippen molar-refractivity contribution in [3.05, 3.63) is 125 Å². The average Bonchev–Trinajstić information content (AvgIpc) is 3.81. The average molecular weight is 791 g/mol. The van der Waals surface area contributed by atoms with Crippen LogP contribution in [0, 0.1) is 11.7 Å². The fraction of sp³-hybridized carbons (Fsp3) is 0.426. The van der Waals surface area contributed by atoms with E-state index < -0.39 is 29.6 Å². The molecule has 2 aliphatic rings. The normalized spacial score (nSPS) is 16.2. The van der Waals surface area contributed by atoms with Crippen molar-refractivity contribution in [3.8, 4) is 11.1 Å². The van der Waals surface area contributed by atoms with Crippen LogP contribution in [0.1, 0.15) is 111 Å². The topological polar surface area (TPSA) is 118 Å². The van der Waals surface area contributed by atoms with Gasteiger partial charge < -0.3 is 19.7 Å². The van der Waals surface area contributed by atoms with Gasteiger partial charge in [-0.05, 0) is 124 Å². The Hall–Kier alpha value is -5.42. The molecule has 306 valence electrons. The molecule has 2 amide bonds. The number of carbonyl (C=O) groups excluding carboxylic acids is 4. The van der Waals surface area contributed by atoms with E-state index >= 15 is 0 Å². The van der Waals surface area contributed by atoms with Gasteiger partial charge in [0.2, 0.25) is 0 Å². The number of likely N-dealkylation sites (tertiary alicyclic amines) is 1. The highest BCUT2D eigenvalue weighted by molar-refractivity contribution is 6.08. The van der Waals surface area contributed by atoms with Gasteiger partial charge in [0.15, 0.2) is 11.6 Å². The summed E-state index contributed by atoms with van der Waals surface area (Å²) in [7, 11) is 1.59. The molecule has 0 saturated carbocycles. The van der Waals surface area contributed by atoms with Gasteiger partial charge >= 0.3 is 12.2 Å². The Bertz CT molecular complexity index is 2040. The number of nitrogens with one attached hydrogen (secondary N) is 1. The van der Waals surface area contributed by atoms with Gasteiger partial charge in [-0.1, -0.05) is 55.0 Å². The Morgan fingerprint density at radius 1 is 0.931 bits per heavy atom. The van der Waals surface area contributed by atoms with Crippen molar-refractivity contribution in [2.45, 2.75) is 89.8 Å². The maximum Gasteiger partial charge on any atom is 0.410 e. The Balaban J connectivity index is 1.06. The van der Waals surface area contributed by atoms with Crippen molar-refractivity contribution in [2.24, 2.45) is 5.92 Å². The lowest BCUT2D eigenvalue weighted by Gasteiger charge is -2.31. The molecule has 0 bridgehead atoms. The molecule has 0 radical (unpaired) electrons. The van der Waals surface area contributed by atoms with Gasteiger partial charge in [-0.3, -0.25) is 19.5 Å². The predicted molar refractivity (Wildman–Crippen MR) is 221 cm³/mol. The monoisotopic (exact) mass is 790 g/mol. The van der Waals surface area contributed by atoms with Gasteiger partial charge in [-0.25, -0.2) is 14.0 Å². The fourth-order valence-corrected chi connectivity index (χ4v) is 8.10. The first-order valence-electron chi connectivity index (χ1n) is 20.4. The van der Waals surface area contributed by atoms with E-state index in [1.54, 1.807) is 40.9 Å².